The summed E-state index contributed by atoms with van der Waals surface area (Å²) in [4.78, 5) is 14.5. The zero-order valence-corrected chi connectivity index (χ0v) is 18.2. The molecule has 0 N–H and O–H groups in total. The highest BCUT2D eigenvalue weighted by atomic mass is 19.1. The maximum absolute atomic E-state index is 14.9. The summed E-state index contributed by atoms with van der Waals surface area (Å²) in [5, 5.41) is 0. The number of carbonyl (C=O) groups excluding carboxylic acids is 1. The zero-order valence-electron chi connectivity index (χ0n) is 18.2. The van der Waals surface area contributed by atoms with Crippen LogP contribution in [0.25, 0.3) is 0 Å². The first-order chi connectivity index (χ1) is 14.2. The molecule has 1 saturated heterocycles. The van der Waals surface area contributed by atoms with Gasteiger partial charge in [0.1, 0.15) is 17.2 Å². The first kappa shape index (κ1) is 20.3. The van der Waals surface area contributed by atoms with Gasteiger partial charge in [0, 0.05) is 30.0 Å². The molecule has 5 rings (SSSR count). The Morgan fingerprint density at radius 1 is 1.13 bits per heavy atom. The van der Waals surface area contributed by atoms with Crippen LogP contribution in [0.1, 0.15) is 93.5 Å². The molecule has 1 aromatic rings. The van der Waals surface area contributed by atoms with Crippen molar-refractivity contribution in [1.29, 1.82) is 0 Å². The predicted octanol–water partition coefficient (Wildman–Crippen LogP) is 6.02. The van der Waals surface area contributed by atoms with E-state index < -0.39 is 11.5 Å². The fraction of sp³-hybridized carbons (Fsp3) is 0.720. The second kappa shape index (κ2) is 6.93. The number of hydrogen-bond donors (Lipinski definition) is 0. The van der Waals surface area contributed by atoms with Gasteiger partial charge in [0.15, 0.2) is 0 Å². The Hall–Kier alpha value is -1.65. The molecule has 1 spiro atoms. The number of halogens is 2. The highest BCUT2D eigenvalue weighted by Crippen LogP contribution is 2.68. The molecule has 0 aromatic heterocycles. The van der Waals surface area contributed by atoms with E-state index in [4.69, 9.17) is 4.74 Å². The topological polar surface area (TPSA) is 29.5 Å². The summed E-state index contributed by atoms with van der Waals surface area (Å²) in [5.41, 5.74) is 0.0665. The van der Waals surface area contributed by atoms with Crippen LogP contribution in [0, 0.1) is 16.6 Å². The molecule has 1 aliphatic heterocycles. The number of amides is 1. The van der Waals surface area contributed by atoms with Gasteiger partial charge in [0.05, 0.1) is 12.2 Å². The standard InChI is InChI=1S/C25H33F2NO2/c1-23(7-9-25(10-8-23)15-24(25,2)27)16-30-21-14-20(26)19(13-18(21)17-5-6-17)22(29)28-11-3-4-12-28/h13-14,17H,3-12,15-16H2,1-2H3. The van der Waals surface area contributed by atoms with Crippen LogP contribution in [0.2, 0.25) is 0 Å². The van der Waals surface area contributed by atoms with Crippen molar-refractivity contribution < 1.29 is 18.3 Å². The number of carbonyl (C=O) groups is 1. The summed E-state index contributed by atoms with van der Waals surface area (Å²) in [7, 11) is 0. The maximum atomic E-state index is 14.9. The van der Waals surface area contributed by atoms with Crippen LogP contribution in [-0.4, -0.2) is 36.2 Å². The molecular formula is C25H33F2NO2. The molecule has 5 heteroatoms. The smallest absolute Gasteiger partial charge is 0.256 e. The summed E-state index contributed by atoms with van der Waals surface area (Å²) in [6.45, 7) is 5.89. The van der Waals surface area contributed by atoms with E-state index in [1.807, 2.05) is 0 Å². The molecule has 0 bridgehead atoms. The lowest BCUT2D eigenvalue weighted by molar-refractivity contribution is 0.0671. The highest BCUT2D eigenvalue weighted by molar-refractivity contribution is 5.95. The SMILES string of the molecule is CC1(COc2cc(F)c(C(=O)N3CCCC3)cc2C2CC2)CCC2(CC1)CC2(C)F. The Morgan fingerprint density at radius 3 is 2.33 bits per heavy atom. The van der Waals surface area contributed by atoms with Crippen LogP contribution < -0.4 is 4.74 Å². The van der Waals surface area contributed by atoms with E-state index in [1.54, 1.807) is 17.9 Å². The van der Waals surface area contributed by atoms with Gasteiger partial charge in [0.2, 0.25) is 0 Å². The van der Waals surface area contributed by atoms with Crippen molar-refractivity contribution in [2.24, 2.45) is 10.8 Å². The van der Waals surface area contributed by atoms with E-state index in [1.165, 1.54) is 6.07 Å². The lowest BCUT2D eigenvalue weighted by atomic mass is 9.70. The van der Waals surface area contributed by atoms with Crippen molar-refractivity contribution in [2.75, 3.05) is 19.7 Å². The van der Waals surface area contributed by atoms with E-state index in [0.29, 0.717) is 37.8 Å². The number of benzene rings is 1. The highest BCUT2D eigenvalue weighted by Gasteiger charge is 2.66. The third-order valence-corrected chi connectivity index (χ3v) is 8.38. The van der Waals surface area contributed by atoms with Gasteiger partial charge < -0.3 is 9.64 Å². The first-order valence-electron chi connectivity index (χ1n) is 11.7. The van der Waals surface area contributed by atoms with Crippen molar-refractivity contribution in [3.8, 4) is 5.75 Å². The molecule has 1 unspecified atom stereocenters. The first-order valence-corrected chi connectivity index (χ1v) is 11.7. The third-order valence-electron chi connectivity index (χ3n) is 8.38. The Kier molecular flexibility index (Phi) is 4.68. The van der Waals surface area contributed by atoms with Gasteiger partial charge in [-0.1, -0.05) is 6.92 Å². The average Bonchev–Trinajstić information content (AvgIpc) is 3.56. The van der Waals surface area contributed by atoms with Gasteiger partial charge in [-0.2, -0.15) is 0 Å². The molecule has 3 nitrogen and oxygen atoms in total. The van der Waals surface area contributed by atoms with E-state index in [2.05, 4.69) is 6.92 Å². The van der Waals surface area contributed by atoms with Crippen LogP contribution in [0.15, 0.2) is 12.1 Å². The third kappa shape index (κ3) is 3.52. The van der Waals surface area contributed by atoms with Crippen molar-refractivity contribution in [3.05, 3.63) is 29.1 Å². The van der Waals surface area contributed by atoms with Crippen molar-refractivity contribution in [3.63, 3.8) is 0 Å². The summed E-state index contributed by atoms with van der Waals surface area (Å²) in [5.74, 6) is 0.287. The van der Waals surface area contributed by atoms with Gasteiger partial charge in [0.25, 0.3) is 5.91 Å². The molecule has 3 saturated carbocycles. The Morgan fingerprint density at radius 2 is 1.77 bits per heavy atom. The largest absolute Gasteiger partial charge is 0.493 e. The Bertz CT molecular complexity index is 847. The fourth-order valence-corrected chi connectivity index (χ4v) is 5.68. The van der Waals surface area contributed by atoms with Gasteiger partial charge in [-0.15, -0.1) is 0 Å². The fourth-order valence-electron chi connectivity index (χ4n) is 5.68. The van der Waals surface area contributed by atoms with Crippen LogP contribution in [0.3, 0.4) is 0 Å². The molecule has 1 heterocycles. The van der Waals surface area contributed by atoms with Gasteiger partial charge in [-0.05, 0) is 82.3 Å². The Labute approximate surface area is 178 Å². The molecule has 3 aliphatic carbocycles. The number of ether oxygens (including phenoxy) is 1. The Balaban J connectivity index is 1.30. The summed E-state index contributed by atoms with van der Waals surface area (Å²) >= 11 is 0. The van der Waals surface area contributed by atoms with E-state index in [9.17, 15) is 13.6 Å². The van der Waals surface area contributed by atoms with E-state index >= 15 is 0 Å². The average molecular weight is 418 g/mol. The van der Waals surface area contributed by atoms with Crippen LogP contribution in [0.5, 0.6) is 5.75 Å². The second-order valence-electron chi connectivity index (χ2n) is 10.9. The number of alkyl halides is 1. The number of rotatable bonds is 5. The minimum atomic E-state index is -0.991. The molecule has 4 aliphatic rings. The summed E-state index contributed by atoms with van der Waals surface area (Å²) < 4.78 is 35.5. The molecule has 30 heavy (non-hydrogen) atoms. The zero-order chi connectivity index (χ0) is 21.1. The maximum Gasteiger partial charge on any atom is 0.256 e. The number of hydrogen-bond acceptors (Lipinski definition) is 2. The van der Waals surface area contributed by atoms with Crippen molar-refractivity contribution in [1.82, 2.24) is 4.90 Å². The monoisotopic (exact) mass is 417 g/mol. The molecule has 1 atom stereocenters. The second-order valence-corrected chi connectivity index (χ2v) is 10.9. The van der Waals surface area contributed by atoms with Crippen molar-refractivity contribution >= 4 is 5.91 Å². The lowest BCUT2D eigenvalue weighted by Crippen LogP contribution is -2.33. The summed E-state index contributed by atoms with van der Waals surface area (Å²) in [6, 6.07) is 3.18. The molecular weight excluding hydrogens is 384 g/mol. The molecule has 1 amide bonds. The van der Waals surface area contributed by atoms with Crippen LogP contribution in [0.4, 0.5) is 8.78 Å². The number of likely N-dealkylation sites (tertiary alicyclic amines) is 1. The normalized spacial score (nSPS) is 35.7. The van der Waals surface area contributed by atoms with E-state index in [-0.39, 0.29) is 22.3 Å². The van der Waals surface area contributed by atoms with Gasteiger partial charge in [-0.25, -0.2) is 8.78 Å². The molecule has 164 valence electrons. The van der Waals surface area contributed by atoms with Gasteiger partial charge in [-0.3, -0.25) is 4.79 Å². The minimum absolute atomic E-state index is 0.00867. The molecule has 0 radical (unpaired) electrons. The quantitative estimate of drug-likeness (QED) is 0.587. The van der Waals surface area contributed by atoms with Crippen molar-refractivity contribution in [2.45, 2.75) is 83.2 Å². The van der Waals surface area contributed by atoms with E-state index in [0.717, 1.165) is 56.9 Å². The van der Waals surface area contributed by atoms with Gasteiger partial charge >= 0.3 is 0 Å². The lowest BCUT2D eigenvalue weighted by Gasteiger charge is -2.38. The number of nitrogens with zero attached hydrogens (tertiary/aromatic N) is 1. The predicted molar refractivity (Wildman–Crippen MR) is 112 cm³/mol. The minimum Gasteiger partial charge on any atom is -0.493 e. The summed E-state index contributed by atoms with van der Waals surface area (Å²) in [6.07, 6.45) is 8.51. The van der Waals surface area contributed by atoms with Crippen LogP contribution in [-0.2, 0) is 0 Å². The molecule has 4 fully saturated rings. The van der Waals surface area contributed by atoms with Crippen LogP contribution >= 0.6 is 0 Å². The molecule has 1 aromatic carbocycles.